The number of amides is 1. The molecule has 0 saturated carbocycles. The Bertz CT molecular complexity index is 514. The van der Waals surface area contributed by atoms with Gasteiger partial charge in [0.25, 0.3) is 5.91 Å². The lowest BCUT2D eigenvalue weighted by Gasteiger charge is -2.16. The number of ether oxygens (including phenoxy) is 1. The van der Waals surface area contributed by atoms with E-state index in [2.05, 4.69) is 0 Å². The number of aliphatic hydroxyl groups is 1. The highest BCUT2D eigenvalue weighted by atomic mass is 16.7. The van der Waals surface area contributed by atoms with Gasteiger partial charge in [-0.25, -0.2) is 9.86 Å². The summed E-state index contributed by atoms with van der Waals surface area (Å²) in [6.07, 6.45) is -0.968. The maximum atomic E-state index is 12.3. The van der Waals surface area contributed by atoms with Gasteiger partial charge in [-0.05, 0) is 26.0 Å². The van der Waals surface area contributed by atoms with Crippen molar-refractivity contribution in [2.45, 2.75) is 26.1 Å². The van der Waals surface area contributed by atoms with Gasteiger partial charge < -0.3 is 9.84 Å². The topological polar surface area (TPSA) is 76.1 Å². The third kappa shape index (κ3) is 3.15. The number of carbonyl (C=O) groups is 2. The molecule has 108 valence electrons. The van der Waals surface area contributed by atoms with Crippen LogP contribution in [0, 0.1) is 0 Å². The Kier molecular flexibility index (Phi) is 4.36. The summed E-state index contributed by atoms with van der Waals surface area (Å²) in [6, 6.07) is 6.39. The maximum Gasteiger partial charge on any atom is 0.339 e. The van der Waals surface area contributed by atoms with Crippen molar-refractivity contribution < 1.29 is 24.3 Å². The van der Waals surface area contributed by atoms with Crippen LogP contribution in [0.3, 0.4) is 0 Å². The molecule has 20 heavy (non-hydrogen) atoms. The lowest BCUT2D eigenvalue weighted by molar-refractivity contribution is -0.0780. The Hall–Kier alpha value is -1.92. The van der Waals surface area contributed by atoms with E-state index in [0.29, 0.717) is 0 Å². The van der Waals surface area contributed by atoms with Crippen LogP contribution in [0.2, 0.25) is 0 Å². The highest BCUT2D eigenvalue weighted by Gasteiger charge is 2.29. The molecule has 0 aliphatic carbocycles. The van der Waals surface area contributed by atoms with E-state index in [1.807, 2.05) is 0 Å². The van der Waals surface area contributed by atoms with Crippen molar-refractivity contribution in [2.75, 3.05) is 13.2 Å². The van der Waals surface area contributed by atoms with Gasteiger partial charge in [-0.2, -0.15) is 0 Å². The molecular weight excluding hydrogens is 262 g/mol. The zero-order chi connectivity index (χ0) is 14.7. The first-order valence-electron chi connectivity index (χ1n) is 6.42. The van der Waals surface area contributed by atoms with Gasteiger partial charge in [0.05, 0.1) is 23.8 Å². The van der Waals surface area contributed by atoms with E-state index in [0.717, 1.165) is 5.06 Å². The highest BCUT2D eigenvalue weighted by Crippen LogP contribution is 2.17. The molecule has 1 atom stereocenters. The molecule has 6 heteroatoms. The van der Waals surface area contributed by atoms with Gasteiger partial charge >= 0.3 is 5.97 Å². The number of nitrogens with zero attached hydrogens (tertiary/aromatic N) is 1. The van der Waals surface area contributed by atoms with Crippen molar-refractivity contribution >= 4 is 11.9 Å². The van der Waals surface area contributed by atoms with Crippen molar-refractivity contribution in [3.05, 3.63) is 35.4 Å². The van der Waals surface area contributed by atoms with E-state index in [4.69, 9.17) is 9.57 Å². The highest BCUT2D eigenvalue weighted by molar-refractivity contribution is 6.05. The van der Waals surface area contributed by atoms with Crippen LogP contribution in [0.15, 0.2) is 24.3 Å². The summed E-state index contributed by atoms with van der Waals surface area (Å²) in [5.41, 5.74) is 0.392. The minimum atomic E-state index is -0.700. The fraction of sp³-hybridized carbons (Fsp3) is 0.429. The number of hydrogen-bond acceptors (Lipinski definition) is 5. The van der Waals surface area contributed by atoms with Gasteiger partial charge in [0.2, 0.25) is 0 Å². The van der Waals surface area contributed by atoms with E-state index >= 15 is 0 Å². The molecule has 1 saturated heterocycles. The molecule has 1 aromatic carbocycles. The predicted octanol–water partition coefficient (Wildman–Crippen LogP) is 1.00. The molecule has 0 radical (unpaired) electrons. The lowest BCUT2D eigenvalue weighted by atomic mass is 10.1. The zero-order valence-electron chi connectivity index (χ0n) is 11.4. The second kappa shape index (κ2) is 6.02. The summed E-state index contributed by atoms with van der Waals surface area (Å²) in [7, 11) is 0. The molecule has 0 unspecified atom stereocenters. The third-order valence-corrected chi connectivity index (χ3v) is 2.75. The number of esters is 1. The predicted molar refractivity (Wildman–Crippen MR) is 70.0 cm³/mol. The molecule has 1 N–H and O–H groups in total. The molecule has 0 bridgehead atoms. The second-order valence-electron chi connectivity index (χ2n) is 4.82. The summed E-state index contributed by atoms with van der Waals surface area (Å²) in [5.74, 6) is -1.01. The molecule has 0 spiro atoms. The number of hydroxylamine groups is 2. The number of aliphatic hydroxyl groups excluding tert-OH is 1. The molecule has 1 amide bonds. The molecule has 1 fully saturated rings. The Morgan fingerprint density at radius 3 is 2.55 bits per heavy atom. The minimum Gasteiger partial charge on any atom is -0.459 e. The largest absolute Gasteiger partial charge is 0.459 e. The third-order valence-electron chi connectivity index (χ3n) is 2.75. The molecule has 0 aromatic heterocycles. The molecule has 6 nitrogen and oxygen atoms in total. The quantitative estimate of drug-likeness (QED) is 0.835. The van der Waals surface area contributed by atoms with Crippen LogP contribution >= 0.6 is 0 Å². The van der Waals surface area contributed by atoms with Crippen LogP contribution in [0.1, 0.15) is 34.6 Å². The van der Waals surface area contributed by atoms with Gasteiger partial charge in [0.15, 0.2) is 0 Å². The van der Waals surface area contributed by atoms with Gasteiger partial charge in [0, 0.05) is 0 Å². The number of hydrogen-bond donors (Lipinski definition) is 1. The van der Waals surface area contributed by atoms with Crippen LogP contribution in [-0.4, -0.2) is 47.4 Å². The first-order chi connectivity index (χ1) is 9.49. The smallest absolute Gasteiger partial charge is 0.339 e. The first-order valence-corrected chi connectivity index (χ1v) is 6.42. The van der Waals surface area contributed by atoms with Crippen molar-refractivity contribution in [3.8, 4) is 0 Å². The molecule has 1 heterocycles. The number of rotatable bonds is 3. The van der Waals surface area contributed by atoms with Crippen LogP contribution in [0.5, 0.6) is 0 Å². The Morgan fingerprint density at radius 2 is 2.00 bits per heavy atom. The van der Waals surface area contributed by atoms with Crippen LogP contribution in [-0.2, 0) is 9.57 Å². The summed E-state index contributed by atoms with van der Waals surface area (Å²) < 4.78 is 5.11. The standard InChI is InChI=1S/C14H17NO5/c1-9(2)20-14(18)12-6-4-3-5-11(12)13(17)15-7-10(16)8-19-15/h3-6,9-10,16H,7-8H2,1-2H3/t10-/m0/s1. The summed E-state index contributed by atoms with van der Waals surface area (Å²) in [4.78, 5) is 29.3. The monoisotopic (exact) mass is 279 g/mol. The maximum absolute atomic E-state index is 12.3. The van der Waals surface area contributed by atoms with Gasteiger partial charge in [-0.3, -0.25) is 9.63 Å². The first kappa shape index (κ1) is 14.5. The van der Waals surface area contributed by atoms with Crippen molar-refractivity contribution in [1.29, 1.82) is 0 Å². The Balaban J connectivity index is 2.23. The van der Waals surface area contributed by atoms with Gasteiger partial charge in [-0.1, -0.05) is 12.1 Å². The fourth-order valence-corrected chi connectivity index (χ4v) is 1.87. The van der Waals surface area contributed by atoms with Crippen molar-refractivity contribution in [1.82, 2.24) is 5.06 Å². The molecule has 1 aromatic rings. The number of β-amino-alcohol motifs (C(OH)–C–C–N with tert-alkyl or cyclic N) is 1. The average molecular weight is 279 g/mol. The minimum absolute atomic E-state index is 0.0738. The van der Waals surface area contributed by atoms with Crippen molar-refractivity contribution in [2.24, 2.45) is 0 Å². The fourth-order valence-electron chi connectivity index (χ4n) is 1.87. The average Bonchev–Trinajstić information content (AvgIpc) is 2.84. The van der Waals surface area contributed by atoms with E-state index in [-0.39, 0.29) is 30.4 Å². The van der Waals surface area contributed by atoms with E-state index < -0.39 is 18.0 Å². The van der Waals surface area contributed by atoms with E-state index in [9.17, 15) is 14.7 Å². The van der Waals surface area contributed by atoms with Crippen LogP contribution < -0.4 is 0 Å². The zero-order valence-corrected chi connectivity index (χ0v) is 11.4. The van der Waals surface area contributed by atoms with Crippen molar-refractivity contribution in [3.63, 3.8) is 0 Å². The van der Waals surface area contributed by atoms with Crippen LogP contribution in [0.4, 0.5) is 0 Å². The molecule has 2 rings (SSSR count). The molecular formula is C14H17NO5. The SMILES string of the molecule is CC(C)OC(=O)c1ccccc1C(=O)N1C[C@H](O)CO1. The summed E-state index contributed by atoms with van der Waals surface area (Å²) in [5, 5.41) is 10.4. The number of carbonyl (C=O) groups excluding carboxylic acids is 2. The van der Waals surface area contributed by atoms with E-state index in [1.165, 1.54) is 12.1 Å². The van der Waals surface area contributed by atoms with Crippen LogP contribution in [0.25, 0.3) is 0 Å². The summed E-state index contributed by atoms with van der Waals surface area (Å²) >= 11 is 0. The molecule has 1 aliphatic rings. The van der Waals surface area contributed by atoms with Gasteiger partial charge in [-0.15, -0.1) is 0 Å². The number of benzene rings is 1. The molecule has 1 aliphatic heterocycles. The normalized spacial score (nSPS) is 18.4. The second-order valence-corrected chi connectivity index (χ2v) is 4.82. The lowest BCUT2D eigenvalue weighted by Crippen LogP contribution is -2.30. The summed E-state index contributed by atoms with van der Waals surface area (Å²) in [6.45, 7) is 3.64. The van der Waals surface area contributed by atoms with Gasteiger partial charge in [0.1, 0.15) is 12.7 Å². The van der Waals surface area contributed by atoms with E-state index in [1.54, 1.807) is 26.0 Å². The Morgan fingerprint density at radius 1 is 1.35 bits per heavy atom. The Labute approximate surface area is 116 Å².